The van der Waals surface area contributed by atoms with Gasteiger partial charge in [0.2, 0.25) is 0 Å². The van der Waals surface area contributed by atoms with Crippen molar-refractivity contribution in [1.29, 1.82) is 0 Å². The van der Waals surface area contributed by atoms with Crippen LogP contribution in [0.2, 0.25) is 0 Å². The van der Waals surface area contributed by atoms with E-state index in [9.17, 15) is 19.3 Å². The second-order valence-corrected chi connectivity index (χ2v) is 5.20. The van der Waals surface area contributed by atoms with E-state index in [1.807, 2.05) is 20.8 Å². The topological polar surface area (TPSA) is 81.5 Å². The predicted molar refractivity (Wildman–Crippen MR) is 76.9 cm³/mol. The van der Waals surface area contributed by atoms with Gasteiger partial charge in [-0.2, -0.15) is 0 Å². The summed E-state index contributed by atoms with van der Waals surface area (Å²) in [5.74, 6) is -1.20. The Labute approximate surface area is 122 Å². The van der Waals surface area contributed by atoms with Gasteiger partial charge in [-0.25, -0.2) is 9.18 Å². The summed E-state index contributed by atoms with van der Waals surface area (Å²) in [6, 6.07) is 1.85. The standard InChI is InChI=1S/C14H19FN2O4/c1-8(2)9(3)7-16-12-5-10(14(18)21-4)11(15)6-13(12)17(19)20/h5-6,8-9,16H,7H2,1-4H3. The fourth-order valence-corrected chi connectivity index (χ4v) is 1.63. The number of benzene rings is 1. The molecular formula is C14H19FN2O4. The van der Waals surface area contributed by atoms with Gasteiger partial charge in [-0.05, 0) is 17.9 Å². The molecule has 6 nitrogen and oxygen atoms in total. The molecular weight excluding hydrogens is 279 g/mol. The van der Waals surface area contributed by atoms with Crippen molar-refractivity contribution >= 4 is 17.3 Å². The van der Waals surface area contributed by atoms with Crippen molar-refractivity contribution in [2.75, 3.05) is 19.0 Å². The number of ether oxygens (including phenoxy) is 1. The van der Waals surface area contributed by atoms with E-state index in [4.69, 9.17) is 0 Å². The molecule has 7 heteroatoms. The zero-order chi connectivity index (χ0) is 16.2. The number of nitro benzene ring substituents is 1. The fourth-order valence-electron chi connectivity index (χ4n) is 1.63. The molecule has 1 unspecified atom stereocenters. The molecule has 0 radical (unpaired) electrons. The molecule has 0 amide bonds. The van der Waals surface area contributed by atoms with Crippen molar-refractivity contribution in [2.24, 2.45) is 11.8 Å². The molecule has 0 aliphatic rings. The summed E-state index contributed by atoms with van der Waals surface area (Å²) in [7, 11) is 1.12. The normalized spacial score (nSPS) is 12.1. The number of nitro groups is 1. The molecule has 116 valence electrons. The molecule has 0 bridgehead atoms. The average molecular weight is 298 g/mol. The minimum Gasteiger partial charge on any atom is -0.465 e. The molecule has 1 rings (SSSR count). The SMILES string of the molecule is COC(=O)c1cc(NCC(C)C(C)C)c([N+](=O)[O-])cc1F. The number of hydrogen-bond donors (Lipinski definition) is 1. The van der Waals surface area contributed by atoms with Crippen LogP contribution in [-0.4, -0.2) is 24.5 Å². The maximum absolute atomic E-state index is 13.7. The number of halogens is 1. The Bertz CT molecular complexity index is 546. The largest absolute Gasteiger partial charge is 0.465 e. The van der Waals surface area contributed by atoms with Crippen LogP contribution < -0.4 is 5.32 Å². The Balaban J connectivity index is 3.14. The van der Waals surface area contributed by atoms with E-state index >= 15 is 0 Å². The molecule has 1 aromatic carbocycles. The van der Waals surface area contributed by atoms with Crippen molar-refractivity contribution in [3.63, 3.8) is 0 Å². The fraction of sp³-hybridized carbons (Fsp3) is 0.500. The Morgan fingerprint density at radius 3 is 2.52 bits per heavy atom. The molecule has 0 saturated heterocycles. The summed E-state index contributed by atoms with van der Waals surface area (Å²) in [5, 5.41) is 13.9. The van der Waals surface area contributed by atoms with Gasteiger partial charge in [0.05, 0.1) is 23.7 Å². The summed E-state index contributed by atoms with van der Waals surface area (Å²) in [6.07, 6.45) is 0. The summed E-state index contributed by atoms with van der Waals surface area (Å²) in [4.78, 5) is 21.8. The van der Waals surface area contributed by atoms with Crippen LogP contribution >= 0.6 is 0 Å². The lowest BCUT2D eigenvalue weighted by Crippen LogP contribution is -2.17. The maximum Gasteiger partial charge on any atom is 0.340 e. The Kier molecular flexibility index (Phi) is 5.63. The highest BCUT2D eigenvalue weighted by atomic mass is 19.1. The Morgan fingerprint density at radius 1 is 1.43 bits per heavy atom. The molecule has 1 N–H and O–H groups in total. The van der Waals surface area contributed by atoms with Gasteiger partial charge in [-0.3, -0.25) is 10.1 Å². The molecule has 0 aliphatic carbocycles. The Hall–Kier alpha value is -2.18. The molecule has 1 aromatic rings. The van der Waals surface area contributed by atoms with E-state index in [1.54, 1.807) is 0 Å². The number of nitrogens with zero attached hydrogens (tertiary/aromatic N) is 1. The highest BCUT2D eigenvalue weighted by Gasteiger charge is 2.22. The van der Waals surface area contributed by atoms with E-state index in [2.05, 4.69) is 10.1 Å². The third kappa shape index (κ3) is 4.14. The zero-order valence-corrected chi connectivity index (χ0v) is 12.5. The number of nitrogens with one attached hydrogen (secondary N) is 1. The summed E-state index contributed by atoms with van der Waals surface area (Å²) >= 11 is 0. The molecule has 21 heavy (non-hydrogen) atoms. The molecule has 0 fully saturated rings. The monoisotopic (exact) mass is 298 g/mol. The first kappa shape index (κ1) is 16.9. The predicted octanol–water partition coefficient (Wildman–Crippen LogP) is 3.22. The van der Waals surface area contributed by atoms with Crippen molar-refractivity contribution in [3.05, 3.63) is 33.6 Å². The quantitative estimate of drug-likeness (QED) is 0.495. The number of carbonyl (C=O) groups is 1. The third-order valence-electron chi connectivity index (χ3n) is 3.44. The van der Waals surface area contributed by atoms with Gasteiger partial charge in [-0.1, -0.05) is 20.8 Å². The van der Waals surface area contributed by atoms with Gasteiger partial charge in [-0.15, -0.1) is 0 Å². The van der Waals surface area contributed by atoms with Crippen LogP contribution in [0.1, 0.15) is 31.1 Å². The molecule has 0 aliphatic heterocycles. The number of rotatable bonds is 6. The van der Waals surface area contributed by atoms with Crippen LogP contribution in [0.25, 0.3) is 0 Å². The van der Waals surface area contributed by atoms with Crippen LogP contribution in [0.15, 0.2) is 12.1 Å². The summed E-state index contributed by atoms with van der Waals surface area (Å²) < 4.78 is 18.2. The minimum absolute atomic E-state index is 0.106. The van der Waals surface area contributed by atoms with E-state index in [0.29, 0.717) is 12.5 Å². The van der Waals surface area contributed by atoms with E-state index in [0.717, 1.165) is 19.2 Å². The third-order valence-corrected chi connectivity index (χ3v) is 3.44. The lowest BCUT2D eigenvalue weighted by Gasteiger charge is -2.17. The van der Waals surface area contributed by atoms with Crippen LogP contribution in [0.4, 0.5) is 15.8 Å². The lowest BCUT2D eigenvalue weighted by molar-refractivity contribution is -0.384. The first-order valence-corrected chi connectivity index (χ1v) is 6.58. The molecule has 0 aromatic heterocycles. The highest BCUT2D eigenvalue weighted by molar-refractivity contribution is 5.91. The Morgan fingerprint density at radius 2 is 2.05 bits per heavy atom. The first-order valence-electron chi connectivity index (χ1n) is 6.58. The van der Waals surface area contributed by atoms with Gasteiger partial charge < -0.3 is 10.1 Å². The van der Waals surface area contributed by atoms with Crippen molar-refractivity contribution in [1.82, 2.24) is 0 Å². The molecule has 0 spiro atoms. The van der Waals surface area contributed by atoms with Crippen LogP contribution in [0, 0.1) is 27.8 Å². The average Bonchev–Trinajstić information content (AvgIpc) is 2.43. The van der Waals surface area contributed by atoms with Gasteiger partial charge in [0.15, 0.2) is 0 Å². The zero-order valence-electron chi connectivity index (χ0n) is 12.5. The smallest absolute Gasteiger partial charge is 0.340 e. The number of methoxy groups -OCH3 is 1. The number of anilines is 1. The van der Waals surface area contributed by atoms with E-state index < -0.39 is 22.4 Å². The van der Waals surface area contributed by atoms with Crippen molar-refractivity contribution in [3.8, 4) is 0 Å². The number of hydrogen-bond acceptors (Lipinski definition) is 5. The van der Waals surface area contributed by atoms with Crippen LogP contribution in [-0.2, 0) is 4.74 Å². The van der Waals surface area contributed by atoms with Crippen LogP contribution in [0.5, 0.6) is 0 Å². The van der Waals surface area contributed by atoms with E-state index in [-0.39, 0.29) is 17.2 Å². The van der Waals surface area contributed by atoms with Crippen molar-refractivity contribution < 1.29 is 18.8 Å². The number of carbonyl (C=O) groups excluding carboxylic acids is 1. The number of esters is 1. The van der Waals surface area contributed by atoms with Gasteiger partial charge >= 0.3 is 5.97 Å². The van der Waals surface area contributed by atoms with Crippen molar-refractivity contribution in [2.45, 2.75) is 20.8 Å². The van der Waals surface area contributed by atoms with Crippen LogP contribution in [0.3, 0.4) is 0 Å². The molecule has 1 atom stereocenters. The second-order valence-electron chi connectivity index (χ2n) is 5.20. The molecule has 0 heterocycles. The molecule has 0 saturated carbocycles. The van der Waals surface area contributed by atoms with Gasteiger partial charge in [0.25, 0.3) is 5.69 Å². The lowest BCUT2D eigenvalue weighted by atomic mass is 9.98. The second kappa shape index (κ2) is 7.01. The maximum atomic E-state index is 13.7. The summed E-state index contributed by atoms with van der Waals surface area (Å²) in [6.45, 7) is 6.54. The first-order chi connectivity index (χ1) is 9.77. The van der Waals surface area contributed by atoms with Gasteiger partial charge in [0.1, 0.15) is 11.5 Å². The van der Waals surface area contributed by atoms with E-state index in [1.165, 1.54) is 0 Å². The minimum atomic E-state index is -0.976. The highest BCUT2D eigenvalue weighted by Crippen LogP contribution is 2.28. The van der Waals surface area contributed by atoms with Gasteiger partial charge in [0, 0.05) is 6.54 Å². The summed E-state index contributed by atoms with van der Waals surface area (Å²) in [5.41, 5.74) is -0.631.